The minimum Gasteiger partial charge on any atom is -0.345 e. The molecule has 1 aliphatic heterocycles. The van der Waals surface area contributed by atoms with E-state index in [2.05, 4.69) is 5.10 Å². The molecule has 0 spiro atoms. The molecule has 3 heterocycles. The van der Waals surface area contributed by atoms with Crippen LogP contribution >= 0.6 is 0 Å². The van der Waals surface area contributed by atoms with Crippen molar-refractivity contribution in [2.75, 3.05) is 13.6 Å². The third kappa shape index (κ3) is 4.52. The molecule has 2 fully saturated rings. The van der Waals surface area contributed by atoms with Gasteiger partial charge in [-0.25, -0.2) is 23.4 Å². The molecule has 162 valence electrons. The Bertz CT molecular complexity index is 932. The summed E-state index contributed by atoms with van der Waals surface area (Å²) in [7, 11) is 1.83. The van der Waals surface area contributed by atoms with Crippen LogP contribution in [0.2, 0.25) is 0 Å². The van der Waals surface area contributed by atoms with Crippen LogP contribution in [0.15, 0.2) is 12.1 Å². The van der Waals surface area contributed by atoms with E-state index in [9.17, 15) is 13.6 Å². The molecule has 2 aromatic heterocycles. The third-order valence-electron chi connectivity index (χ3n) is 6.35. The van der Waals surface area contributed by atoms with Crippen LogP contribution in [0.4, 0.5) is 8.78 Å². The molecule has 2 aromatic rings. The standard InChI is InChI=1S/C22H29F2N5O/c1-14-10-15(2)29(27-14)21-25-18(11-16-4-7-22(23,24)8-5-16)13-19(26-21)12-17-6-9-28(3)20(17)30/h10,13,16-17H,4-9,11-12H2,1-3H3/t17-/m0/s1. The summed E-state index contributed by atoms with van der Waals surface area (Å²) < 4.78 is 28.8. The number of aromatic nitrogens is 4. The van der Waals surface area contributed by atoms with Crippen LogP contribution in [0, 0.1) is 25.7 Å². The second kappa shape index (κ2) is 8.04. The topological polar surface area (TPSA) is 63.9 Å². The van der Waals surface area contributed by atoms with E-state index in [1.54, 1.807) is 9.58 Å². The number of aryl methyl sites for hydroxylation is 2. The predicted molar refractivity (Wildman–Crippen MR) is 109 cm³/mol. The van der Waals surface area contributed by atoms with E-state index in [-0.39, 0.29) is 30.6 Å². The minimum absolute atomic E-state index is 0.0527. The van der Waals surface area contributed by atoms with Gasteiger partial charge in [0.05, 0.1) is 5.69 Å². The summed E-state index contributed by atoms with van der Waals surface area (Å²) in [6.45, 7) is 4.64. The summed E-state index contributed by atoms with van der Waals surface area (Å²) >= 11 is 0. The molecule has 0 bridgehead atoms. The summed E-state index contributed by atoms with van der Waals surface area (Å²) in [5.41, 5.74) is 3.48. The fourth-order valence-electron chi connectivity index (χ4n) is 4.61. The molecule has 1 atom stereocenters. The van der Waals surface area contributed by atoms with Gasteiger partial charge in [0, 0.05) is 55.9 Å². The lowest BCUT2D eigenvalue weighted by atomic mass is 9.84. The number of halogens is 2. The van der Waals surface area contributed by atoms with E-state index in [1.807, 2.05) is 33.0 Å². The first-order chi connectivity index (χ1) is 14.2. The van der Waals surface area contributed by atoms with Gasteiger partial charge in [-0.15, -0.1) is 0 Å². The van der Waals surface area contributed by atoms with E-state index in [1.165, 1.54) is 0 Å². The maximum atomic E-state index is 13.5. The quantitative estimate of drug-likeness (QED) is 0.745. The monoisotopic (exact) mass is 417 g/mol. The summed E-state index contributed by atoms with van der Waals surface area (Å²) in [5, 5.41) is 4.50. The molecular weight excluding hydrogens is 388 g/mol. The lowest BCUT2D eigenvalue weighted by Gasteiger charge is -2.28. The zero-order valence-corrected chi connectivity index (χ0v) is 17.9. The number of carbonyl (C=O) groups excluding carboxylic acids is 1. The van der Waals surface area contributed by atoms with Gasteiger partial charge < -0.3 is 4.90 Å². The Morgan fingerprint density at radius 3 is 2.30 bits per heavy atom. The molecule has 0 aromatic carbocycles. The zero-order valence-electron chi connectivity index (χ0n) is 17.9. The highest BCUT2D eigenvalue weighted by molar-refractivity contribution is 5.80. The second-order valence-corrected chi connectivity index (χ2v) is 8.94. The number of amides is 1. The number of nitrogens with zero attached hydrogens (tertiary/aromatic N) is 5. The van der Waals surface area contributed by atoms with E-state index in [4.69, 9.17) is 9.97 Å². The van der Waals surface area contributed by atoms with Gasteiger partial charge in [0.1, 0.15) is 0 Å². The molecule has 0 unspecified atom stereocenters. The normalized spacial score (nSPS) is 22.1. The lowest BCUT2D eigenvalue weighted by Crippen LogP contribution is -2.26. The van der Waals surface area contributed by atoms with E-state index >= 15 is 0 Å². The maximum absolute atomic E-state index is 13.5. The molecule has 4 rings (SSSR count). The van der Waals surface area contributed by atoms with Gasteiger partial charge in [0.15, 0.2) is 0 Å². The van der Waals surface area contributed by atoms with Crippen molar-refractivity contribution < 1.29 is 13.6 Å². The average molecular weight is 418 g/mol. The van der Waals surface area contributed by atoms with E-state index < -0.39 is 5.92 Å². The van der Waals surface area contributed by atoms with Crippen molar-refractivity contribution in [3.05, 3.63) is 34.9 Å². The van der Waals surface area contributed by atoms with Gasteiger partial charge >= 0.3 is 0 Å². The molecule has 6 nitrogen and oxygen atoms in total. The van der Waals surface area contributed by atoms with Crippen molar-refractivity contribution in [2.24, 2.45) is 11.8 Å². The maximum Gasteiger partial charge on any atom is 0.251 e. The van der Waals surface area contributed by atoms with Crippen LogP contribution in [0.3, 0.4) is 0 Å². The number of likely N-dealkylation sites (tertiary alicyclic amines) is 1. The summed E-state index contributed by atoms with van der Waals surface area (Å²) in [5.74, 6) is -1.76. The molecule has 1 aliphatic carbocycles. The van der Waals surface area contributed by atoms with Crippen LogP contribution in [0.25, 0.3) is 5.95 Å². The highest BCUT2D eigenvalue weighted by Crippen LogP contribution is 2.37. The Kier molecular flexibility index (Phi) is 5.59. The van der Waals surface area contributed by atoms with Crippen molar-refractivity contribution in [3.8, 4) is 5.95 Å². The van der Waals surface area contributed by atoms with Crippen molar-refractivity contribution in [3.63, 3.8) is 0 Å². The Balaban J connectivity index is 1.61. The number of rotatable bonds is 5. The van der Waals surface area contributed by atoms with Gasteiger partial charge in [-0.2, -0.15) is 5.10 Å². The largest absolute Gasteiger partial charge is 0.345 e. The second-order valence-electron chi connectivity index (χ2n) is 8.94. The summed E-state index contributed by atoms with van der Waals surface area (Å²) in [6, 6.07) is 3.92. The number of hydrogen-bond donors (Lipinski definition) is 0. The Morgan fingerprint density at radius 1 is 1.07 bits per heavy atom. The smallest absolute Gasteiger partial charge is 0.251 e. The Labute approximate surface area is 175 Å². The molecule has 1 saturated heterocycles. The van der Waals surface area contributed by atoms with E-state index in [0.29, 0.717) is 31.6 Å². The number of carbonyl (C=O) groups is 1. The van der Waals surface area contributed by atoms with Gasteiger partial charge in [-0.1, -0.05) is 0 Å². The fraction of sp³-hybridized carbons (Fsp3) is 0.636. The van der Waals surface area contributed by atoms with Gasteiger partial charge in [0.2, 0.25) is 11.8 Å². The molecule has 8 heteroatoms. The van der Waals surface area contributed by atoms with Crippen molar-refractivity contribution in [1.29, 1.82) is 0 Å². The van der Waals surface area contributed by atoms with Crippen LogP contribution in [-0.2, 0) is 17.6 Å². The molecule has 0 N–H and O–H groups in total. The minimum atomic E-state index is -2.53. The zero-order chi connectivity index (χ0) is 21.5. The number of hydrogen-bond acceptors (Lipinski definition) is 4. The Morgan fingerprint density at radius 2 is 1.73 bits per heavy atom. The molecule has 2 aliphatic rings. The first-order valence-electron chi connectivity index (χ1n) is 10.7. The van der Waals surface area contributed by atoms with Crippen LogP contribution in [0.1, 0.15) is 54.9 Å². The molecule has 1 amide bonds. The highest BCUT2D eigenvalue weighted by Gasteiger charge is 2.35. The summed E-state index contributed by atoms with van der Waals surface area (Å²) in [6.07, 6.45) is 2.94. The molecule has 1 saturated carbocycles. The molecular formula is C22H29F2N5O. The van der Waals surface area contributed by atoms with Crippen LogP contribution in [0.5, 0.6) is 0 Å². The summed E-state index contributed by atoms with van der Waals surface area (Å²) in [4.78, 5) is 23.6. The van der Waals surface area contributed by atoms with E-state index in [0.717, 1.165) is 35.7 Å². The van der Waals surface area contributed by atoms with Crippen molar-refractivity contribution in [2.45, 2.75) is 64.7 Å². The Hall–Kier alpha value is -2.38. The fourth-order valence-corrected chi connectivity index (χ4v) is 4.61. The van der Waals surface area contributed by atoms with Gasteiger partial charge in [-0.05, 0) is 57.6 Å². The first kappa shape index (κ1) is 20.9. The predicted octanol–water partition coefficient (Wildman–Crippen LogP) is 3.67. The van der Waals surface area contributed by atoms with Gasteiger partial charge in [-0.3, -0.25) is 4.79 Å². The third-order valence-corrected chi connectivity index (χ3v) is 6.35. The van der Waals surface area contributed by atoms with Gasteiger partial charge in [0.25, 0.3) is 5.95 Å². The number of alkyl halides is 2. The SMILES string of the molecule is Cc1cc(C)n(-c2nc(CC3CCC(F)(F)CC3)cc(C[C@@H]3CCN(C)C3=O)n2)n1. The van der Waals surface area contributed by atoms with Crippen molar-refractivity contribution in [1.82, 2.24) is 24.6 Å². The first-order valence-corrected chi connectivity index (χ1v) is 10.7. The van der Waals surface area contributed by atoms with Crippen LogP contribution < -0.4 is 0 Å². The van der Waals surface area contributed by atoms with Crippen LogP contribution in [-0.4, -0.2) is 50.1 Å². The highest BCUT2D eigenvalue weighted by atomic mass is 19.3. The average Bonchev–Trinajstić information content (AvgIpc) is 3.19. The molecule has 0 radical (unpaired) electrons. The lowest BCUT2D eigenvalue weighted by molar-refractivity contribution is -0.129. The molecule has 30 heavy (non-hydrogen) atoms. The van der Waals surface area contributed by atoms with Crippen molar-refractivity contribution >= 4 is 5.91 Å².